The molecule has 1 aromatic heterocycles. The molecule has 0 saturated heterocycles. The van der Waals surface area contributed by atoms with E-state index in [0.29, 0.717) is 32.7 Å². The Labute approximate surface area is 164 Å². The van der Waals surface area contributed by atoms with E-state index in [0.717, 1.165) is 5.56 Å². The highest BCUT2D eigenvalue weighted by Crippen LogP contribution is 2.31. The molecule has 27 heavy (non-hydrogen) atoms. The third-order valence-electron chi connectivity index (χ3n) is 3.72. The molecule has 3 rings (SSSR count). The zero-order valence-electron chi connectivity index (χ0n) is 14.5. The van der Waals surface area contributed by atoms with E-state index >= 15 is 0 Å². The monoisotopic (exact) mass is 402 g/mol. The van der Waals surface area contributed by atoms with E-state index in [-0.39, 0.29) is 5.91 Å². The molecule has 0 aliphatic rings. The minimum Gasteiger partial charge on any atom is -0.495 e. The van der Waals surface area contributed by atoms with E-state index in [4.69, 9.17) is 16.3 Å². The van der Waals surface area contributed by atoms with Crippen molar-refractivity contribution in [3.8, 4) is 17.0 Å². The molecule has 6 nitrogen and oxygen atoms in total. The van der Waals surface area contributed by atoms with E-state index in [9.17, 15) is 9.59 Å². The third kappa shape index (κ3) is 4.27. The lowest BCUT2D eigenvalue weighted by Gasteiger charge is -2.05. The summed E-state index contributed by atoms with van der Waals surface area (Å²) in [4.78, 5) is 28.4. The van der Waals surface area contributed by atoms with Crippen LogP contribution in [0.5, 0.6) is 5.75 Å². The van der Waals surface area contributed by atoms with Gasteiger partial charge in [-0.1, -0.05) is 17.7 Å². The number of hydrogen-bond acceptors (Lipinski definition) is 6. The first-order valence-corrected chi connectivity index (χ1v) is 9.06. The molecule has 0 spiro atoms. The van der Waals surface area contributed by atoms with Crippen LogP contribution in [0.3, 0.4) is 0 Å². The molecule has 0 atom stereocenters. The smallest absolute Gasteiger partial charge is 0.337 e. The van der Waals surface area contributed by atoms with Crippen LogP contribution in [0.1, 0.15) is 20.7 Å². The number of anilines is 1. The van der Waals surface area contributed by atoms with Gasteiger partial charge in [-0.05, 0) is 36.4 Å². The van der Waals surface area contributed by atoms with E-state index < -0.39 is 5.97 Å². The maximum absolute atomic E-state index is 12.4. The Morgan fingerprint density at radius 1 is 1.11 bits per heavy atom. The average Bonchev–Trinajstić information content (AvgIpc) is 3.15. The summed E-state index contributed by atoms with van der Waals surface area (Å²) in [5, 5.41) is 5.46. The number of amides is 1. The second kappa shape index (κ2) is 8.20. The topological polar surface area (TPSA) is 77.5 Å². The molecule has 0 aliphatic carbocycles. The molecule has 1 heterocycles. The summed E-state index contributed by atoms with van der Waals surface area (Å²) in [6.45, 7) is 0. The van der Waals surface area contributed by atoms with Gasteiger partial charge in [0.05, 0.1) is 30.5 Å². The highest BCUT2D eigenvalue weighted by molar-refractivity contribution is 7.14. The van der Waals surface area contributed by atoms with Gasteiger partial charge in [0, 0.05) is 16.5 Å². The van der Waals surface area contributed by atoms with Gasteiger partial charge in [0.1, 0.15) is 5.75 Å². The second-order valence-corrected chi connectivity index (χ2v) is 6.68. The Balaban J connectivity index is 1.77. The van der Waals surface area contributed by atoms with Gasteiger partial charge < -0.3 is 9.47 Å². The first-order valence-electron chi connectivity index (χ1n) is 7.81. The van der Waals surface area contributed by atoms with Gasteiger partial charge in [0.2, 0.25) is 0 Å². The van der Waals surface area contributed by atoms with Crippen LogP contribution in [-0.4, -0.2) is 31.1 Å². The van der Waals surface area contributed by atoms with Gasteiger partial charge in [-0.3, -0.25) is 10.1 Å². The Morgan fingerprint density at radius 3 is 2.59 bits per heavy atom. The Bertz CT molecular complexity index is 1000. The van der Waals surface area contributed by atoms with Crippen molar-refractivity contribution in [2.75, 3.05) is 19.5 Å². The van der Waals surface area contributed by atoms with Crippen LogP contribution >= 0.6 is 22.9 Å². The SMILES string of the molecule is COC(=O)c1cccc(C(=O)Nc2nc(-c3ccc(OC)c(Cl)c3)cs2)c1. The predicted molar refractivity (Wildman–Crippen MR) is 105 cm³/mol. The number of methoxy groups -OCH3 is 2. The molecule has 1 N–H and O–H groups in total. The molecule has 8 heteroatoms. The normalized spacial score (nSPS) is 10.3. The van der Waals surface area contributed by atoms with Crippen LogP contribution in [0.2, 0.25) is 5.02 Å². The van der Waals surface area contributed by atoms with E-state index in [1.807, 2.05) is 11.4 Å². The van der Waals surface area contributed by atoms with Gasteiger partial charge in [0.25, 0.3) is 5.91 Å². The lowest BCUT2D eigenvalue weighted by atomic mass is 10.1. The first-order chi connectivity index (χ1) is 13.0. The number of thiazole rings is 1. The van der Waals surface area contributed by atoms with Gasteiger partial charge in [0.15, 0.2) is 5.13 Å². The Morgan fingerprint density at radius 2 is 1.89 bits per heavy atom. The third-order valence-corrected chi connectivity index (χ3v) is 4.77. The number of nitrogens with one attached hydrogen (secondary N) is 1. The largest absolute Gasteiger partial charge is 0.495 e. The van der Waals surface area contributed by atoms with Gasteiger partial charge in [-0.2, -0.15) is 0 Å². The molecule has 1 amide bonds. The Kier molecular flexibility index (Phi) is 5.73. The number of ether oxygens (including phenoxy) is 2. The average molecular weight is 403 g/mol. The van der Waals surface area contributed by atoms with Crippen molar-refractivity contribution in [3.05, 3.63) is 64.0 Å². The summed E-state index contributed by atoms with van der Waals surface area (Å²) in [5.41, 5.74) is 2.13. The standard InChI is InChI=1S/C19H15ClN2O4S/c1-25-16-7-6-11(9-14(16)20)15-10-27-19(21-15)22-17(23)12-4-3-5-13(8-12)18(24)26-2/h3-10H,1-2H3,(H,21,22,23). The summed E-state index contributed by atoms with van der Waals surface area (Å²) in [6, 6.07) is 11.6. The molecule has 0 saturated carbocycles. The van der Waals surface area contributed by atoms with Gasteiger partial charge in [-0.15, -0.1) is 11.3 Å². The molecular weight excluding hydrogens is 388 g/mol. The summed E-state index contributed by atoms with van der Waals surface area (Å²) < 4.78 is 9.80. The van der Waals surface area contributed by atoms with Crippen LogP contribution in [0.25, 0.3) is 11.3 Å². The summed E-state index contributed by atoms with van der Waals surface area (Å²) >= 11 is 7.44. The summed E-state index contributed by atoms with van der Waals surface area (Å²) in [7, 11) is 2.84. The zero-order valence-corrected chi connectivity index (χ0v) is 16.1. The number of halogens is 1. The molecule has 2 aromatic carbocycles. The molecule has 0 unspecified atom stereocenters. The highest BCUT2D eigenvalue weighted by atomic mass is 35.5. The van der Waals surface area contributed by atoms with Crippen LogP contribution in [0.15, 0.2) is 47.8 Å². The van der Waals surface area contributed by atoms with E-state index in [1.165, 1.54) is 24.5 Å². The van der Waals surface area contributed by atoms with Gasteiger partial charge >= 0.3 is 5.97 Å². The van der Waals surface area contributed by atoms with Crippen LogP contribution in [0.4, 0.5) is 5.13 Å². The van der Waals surface area contributed by atoms with E-state index in [1.54, 1.807) is 37.4 Å². The van der Waals surface area contributed by atoms with Crippen molar-refractivity contribution >= 4 is 39.9 Å². The van der Waals surface area contributed by atoms with Crippen molar-refractivity contribution in [2.24, 2.45) is 0 Å². The minimum atomic E-state index is -0.502. The molecule has 0 fully saturated rings. The summed E-state index contributed by atoms with van der Waals surface area (Å²) in [6.07, 6.45) is 0. The molecular formula is C19H15ClN2O4S. The van der Waals surface area contributed by atoms with Crippen molar-refractivity contribution in [1.29, 1.82) is 0 Å². The first kappa shape index (κ1) is 18.9. The number of esters is 1. The fraction of sp³-hybridized carbons (Fsp3) is 0.105. The van der Waals surface area contributed by atoms with Crippen molar-refractivity contribution in [3.63, 3.8) is 0 Å². The van der Waals surface area contributed by atoms with Crippen LogP contribution < -0.4 is 10.1 Å². The number of aromatic nitrogens is 1. The minimum absolute atomic E-state index is 0.304. The number of carbonyl (C=O) groups is 2. The predicted octanol–water partition coefficient (Wildman–Crippen LogP) is 4.51. The molecule has 138 valence electrons. The maximum atomic E-state index is 12.4. The Hall–Kier alpha value is -2.90. The highest BCUT2D eigenvalue weighted by Gasteiger charge is 2.13. The molecule has 0 bridgehead atoms. The van der Waals surface area contributed by atoms with Crippen molar-refractivity contribution < 1.29 is 19.1 Å². The zero-order chi connectivity index (χ0) is 19.4. The molecule has 0 radical (unpaired) electrons. The van der Waals surface area contributed by atoms with Crippen LogP contribution in [-0.2, 0) is 4.74 Å². The second-order valence-electron chi connectivity index (χ2n) is 5.41. The lowest BCUT2D eigenvalue weighted by molar-refractivity contribution is 0.0600. The molecule has 3 aromatic rings. The fourth-order valence-corrected chi connectivity index (χ4v) is 3.34. The number of carbonyl (C=O) groups excluding carboxylic acids is 2. The number of benzene rings is 2. The van der Waals surface area contributed by atoms with E-state index in [2.05, 4.69) is 15.0 Å². The number of hydrogen-bond donors (Lipinski definition) is 1. The van der Waals surface area contributed by atoms with Crippen molar-refractivity contribution in [1.82, 2.24) is 4.98 Å². The lowest BCUT2D eigenvalue weighted by Crippen LogP contribution is -2.13. The maximum Gasteiger partial charge on any atom is 0.337 e. The van der Waals surface area contributed by atoms with Crippen molar-refractivity contribution in [2.45, 2.75) is 0 Å². The number of nitrogens with zero attached hydrogens (tertiary/aromatic N) is 1. The fourth-order valence-electron chi connectivity index (χ4n) is 2.36. The molecule has 0 aliphatic heterocycles. The van der Waals surface area contributed by atoms with Crippen LogP contribution in [0, 0.1) is 0 Å². The number of rotatable bonds is 5. The summed E-state index contributed by atoms with van der Waals surface area (Å²) in [5.74, 6) is -0.290. The quantitative estimate of drug-likeness (QED) is 0.635. The van der Waals surface area contributed by atoms with Gasteiger partial charge in [-0.25, -0.2) is 9.78 Å².